The molecular formula is C8H11F. The number of hydrogen-bond donors (Lipinski definition) is 0. The van der Waals surface area contributed by atoms with Gasteiger partial charge in [0.15, 0.2) is 5.67 Å². The molecule has 0 nitrogen and oxygen atoms in total. The van der Waals surface area contributed by atoms with Gasteiger partial charge in [0.2, 0.25) is 0 Å². The van der Waals surface area contributed by atoms with Crippen molar-refractivity contribution < 1.29 is 4.39 Å². The second kappa shape index (κ2) is 2.02. The summed E-state index contributed by atoms with van der Waals surface area (Å²) >= 11 is 0. The molecule has 0 bridgehead atoms. The van der Waals surface area contributed by atoms with E-state index in [0.717, 1.165) is 12.8 Å². The SMILES string of the molecule is C#CC1(F)CCCC1C. The van der Waals surface area contributed by atoms with Crippen molar-refractivity contribution in [3.63, 3.8) is 0 Å². The van der Waals surface area contributed by atoms with Crippen molar-refractivity contribution in [2.24, 2.45) is 5.92 Å². The van der Waals surface area contributed by atoms with Gasteiger partial charge in [0.1, 0.15) is 0 Å². The number of rotatable bonds is 0. The quantitative estimate of drug-likeness (QED) is 0.436. The summed E-state index contributed by atoms with van der Waals surface area (Å²) in [6.45, 7) is 1.88. The first-order valence-electron chi connectivity index (χ1n) is 3.36. The third kappa shape index (κ3) is 0.941. The van der Waals surface area contributed by atoms with Crippen molar-refractivity contribution in [1.29, 1.82) is 0 Å². The Hall–Kier alpha value is -0.510. The summed E-state index contributed by atoms with van der Waals surface area (Å²) in [6.07, 6.45) is 7.49. The molecule has 0 aromatic heterocycles. The minimum absolute atomic E-state index is 0.0718. The molecule has 0 spiro atoms. The molecular weight excluding hydrogens is 115 g/mol. The maximum absolute atomic E-state index is 13.2. The number of hydrogen-bond acceptors (Lipinski definition) is 0. The van der Waals surface area contributed by atoms with E-state index in [-0.39, 0.29) is 5.92 Å². The Balaban J connectivity index is 2.70. The summed E-state index contributed by atoms with van der Waals surface area (Å²) in [5, 5.41) is 0. The minimum Gasteiger partial charge on any atom is -0.229 e. The van der Waals surface area contributed by atoms with Crippen molar-refractivity contribution in [2.75, 3.05) is 0 Å². The van der Waals surface area contributed by atoms with E-state index < -0.39 is 5.67 Å². The lowest BCUT2D eigenvalue weighted by atomic mass is 9.96. The molecule has 9 heavy (non-hydrogen) atoms. The second-order valence-electron chi connectivity index (χ2n) is 2.80. The zero-order chi connectivity index (χ0) is 6.91. The van der Waals surface area contributed by atoms with Gasteiger partial charge >= 0.3 is 0 Å². The average Bonchev–Trinajstić information content (AvgIpc) is 2.15. The van der Waals surface area contributed by atoms with Crippen LogP contribution in [0.3, 0.4) is 0 Å². The first-order chi connectivity index (χ1) is 4.19. The summed E-state index contributed by atoms with van der Waals surface area (Å²) in [4.78, 5) is 0. The van der Waals surface area contributed by atoms with E-state index in [0.29, 0.717) is 6.42 Å². The van der Waals surface area contributed by atoms with Gasteiger partial charge in [-0.15, -0.1) is 6.42 Å². The van der Waals surface area contributed by atoms with Gasteiger partial charge in [-0.05, 0) is 19.3 Å². The van der Waals surface area contributed by atoms with Crippen molar-refractivity contribution in [2.45, 2.75) is 31.9 Å². The molecule has 0 aromatic carbocycles. The molecule has 2 unspecified atom stereocenters. The Bertz CT molecular complexity index is 145. The van der Waals surface area contributed by atoms with Crippen LogP contribution in [0.4, 0.5) is 4.39 Å². The number of alkyl halides is 1. The highest BCUT2D eigenvalue weighted by Gasteiger charge is 2.38. The molecule has 0 aliphatic heterocycles. The summed E-state index contributed by atoms with van der Waals surface area (Å²) in [6, 6.07) is 0. The van der Waals surface area contributed by atoms with Crippen LogP contribution in [0.5, 0.6) is 0 Å². The summed E-state index contributed by atoms with van der Waals surface area (Å²) in [7, 11) is 0. The molecule has 1 rings (SSSR count). The van der Waals surface area contributed by atoms with Gasteiger partial charge in [0.25, 0.3) is 0 Å². The molecule has 1 heteroatoms. The highest BCUT2D eigenvalue weighted by Crippen LogP contribution is 2.37. The molecule has 0 saturated heterocycles. The van der Waals surface area contributed by atoms with Crippen molar-refractivity contribution >= 4 is 0 Å². The molecule has 1 saturated carbocycles. The first kappa shape index (κ1) is 6.61. The largest absolute Gasteiger partial charge is 0.229 e. The third-order valence-corrected chi connectivity index (χ3v) is 2.20. The lowest BCUT2D eigenvalue weighted by Gasteiger charge is -2.16. The Morgan fingerprint density at radius 3 is 2.67 bits per heavy atom. The Morgan fingerprint density at radius 1 is 1.78 bits per heavy atom. The summed E-state index contributed by atoms with van der Waals surface area (Å²) < 4.78 is 13.2. The summed E-state index contributed by atoms with van der Waals surface area (Å²) in [5.74, 6) is 2.30. The molecule has 1 aliphatic rings. The second-order valence-corrected chi connectivity index (χ2v) is 2.80. The molecule has 0 amide bonds. The van der Waals surface area contributed by atoms with Gasteiger partial charge in [0.05, 0.1) is 0 Å². The highest BCUT2D eigenvalue weighted by molar-refractivity contribution is 5.12. The fraction of sp³-hybridized carbons (Fsp3) is 0.750. The Kier molecular flexibility index (Phi) is 1.48. The van der Waals surface area contributed by atoms with Crippen LogP contribution in [0.1, 0.15) is 26.2 Å². The molecule has 50 valence electrons. The standard InChI is InChI=1S/C8H11F/c1-3-8(9)6-4-5-7(8)2/h1,7H,4-6H2,2H3. The molecule has 0 heterocycles. The zero-order valence-electron chi connectivity index (χ0n) is 5.65. The fourth-order valence-corrected chi connectivity index (χ4v) is 1.36. The highest BCUT2D eigenvalue weighted by atomic mass is 19.1. The normalized spacial score (nSPS) is 42.6. The Morgan fingerprint density at radius 2 is 2.44 bits per heavy atom. The predicted octanol–water partition coefficient (Wildman–Crippen LogP) is 2.15. The van der Waals surface area contributed by atoms with E-state index in [9.17, 15) is 4.39 Å². The lowest BCUT2D eigenvalue weighted by molar-refractivity contribution is 0.193. The monoisotopic (exact) mass is 126 g/mol. The van der Waals surface area contributed by atoms with Gasteiger partial charge in [-0.1, -0.05) is 12.8 Å². The van der Waals surface area contributed by atoms with E-state index >= 15 is 0 Å². The van der Waals surface area contributed by atoms with Crippen LogP contribution in [0.15, 0.2) is 0 Å². The molecule has 0 aromatic rings. The Labute approximate surface area is 55.5 Å². The van der Waals surface area contributed by atoms with Crippen LogP contribution in [0.25, 0.3) is 0 Å². The van der Waals surface area contributed by atoms with E-state index in [1.54, 1.807) is 0 Å². The van der Waals surface area contributed by atoms with Gasteiger partial charge < -0.3 is 0 Å². The topological polar surface area (TPSA) is 0 Å². The molecule has 2 atom stereocenters. The third-order valence-electron chi connectivity index (χ3n) is 2.20. The maximum Gasteiger partial charge on any atom is 0.173 e. The average molecular weight is 126 g/mol. The predicted molar refractivity (Wildman–Crippen MR) is 35.7 cm³/mol. The van der Waals surface area contributed by atoms with Crippen LogP contribution in [0.2, 0.25) is 0 Å². The van der Waals surface area contributed by atoms with Crippen LogP contribution in [-0.2, 0) is 0 Å². The number of halogens is 1. The van der Waals surface area contributed by atoms with Gasteiger partial charge in [-0.25, -0.2) is 4.39 Å². The van der Waals surface area contributed by atoms with Gasteiger partial charge in [0, 0.05) is 5.92 Å². The zero-order valence-corrected chi connectivity index (χ0v) is 5.65. The molecule has 1 aliphatic carbocycles. The molecule has 0 radical (unpaired) electrons. The number of terminal acetylenes is 1. The maximum atomic E-state index is 13.2. The van der Waals surface area contributed by atoms with Crippen LogP contribution < -0.4 is 0 Å². The first-order valence-corrected chi connectivity index (χ1v) is 3.36. The lowest BCUT2D eigenvalue weighted by Crippen LogP contribution is -2.22. The molecule has 1 fully saturated rings. The van der Waals surface area contributed by atoms with Gasteiger partial charge in [-0.3, -0.25) is 0 Å². The van der Waals surface area contributed by atoms with E-state index in [2.05, 4.69) is 5.92 Å². The van der Waals surface area contributed by atoms with Crippen molar-refractivity contribution in [1.82, 2.24) is 0 Å². The van der Waals surface area contributed by atoms with Gasteiger partial charge in [-0.2, -0.15) is 0 Å². The van der Waals surface area contributed by atoms with E-state index in [1.165, 1.54) is 0 Å². The van der Waals surface area contributed by atoms with Crippen LogP contribution in [0, 0.1) is 18.3 Å². The van der Waals surface area contributed by atoms with Crippen molar-refractivity contribution in [3.05, 3.63) is 0 Å². The smallest absolute Gasteiger partial charge is 0.173 e. The molecule has 0 N–H and O–H groups in total. The van der Waals surface area contributed by atoms with Crippen LogP contribution in [-0.4, -0.2) is 5.67 Å². The van der Waals surface area contributed by atoms with Crippen LogP contribution >= 0.6 is 0 Å². The minimum atomic E-state index is -1.28. The summed E-state index contributed by atoms with van der Waals surface area (Å²) in [5.41, 5.74) is -1.28. The van der Waals surface area contributed by atoms with E-state index in [1.807, 2.05) is 6.92 Å². The van der Waals surface area contributed by atoms with E-state index in [4.69, 9.17) is 6.42 Å². The van der Waals surface area contributed by atoms with Crippen molar-refractivity contribution in [3.8, 4) is 12.3 Å². The fourth-order valence-electron chi connectivity index (χ4n) is 1.36.